The van der Waals surface area contributed by atoms with Gasteiger partial charge in [0.2, 0.25) is 0 Å². The summed E-state index contributed by atoms with van der Waals surface area (Å²) in [6.07, 6.45) is 1.73. The van der Waals surface area contributed by atoms with Gasteiger partial charge in [0.1, 0.15) is 12.4 Å². The average Bonchev–Trinajstić information content (AvgIpc) is 2.67. The molecule has 1 N–H and O–H groups in total. The first-order valence-corrected chi connectivity index (χ1v) is 8.90. The maximum Gasteiger partial charge on any atom is 0.338 e. The second-order valence-electron chi connectivity index (χ2n) is 6.71. The molecule has 0 aromatic heterocycles. The molecule has 27 heavy (non-hydrogen) atoms. The molecule has 0 fully saturated rings. The molecule has 1 aliphatic rings. The standard InChI is InChI=1S/C22H23NO4/c1-14-8-9-17(10-15(14)2)16(3)23-21(24)13-27-22(25)19-11-18-6-4-5-7-20(18)26-12-19/h4-11,16H,12-13H2,1-3H3,(H,23,24)/t16-/m0/s1. The van der Waals surface area contributed by atoms with Gasteiger partial charge in [0.05, 0.1) is 11.6 Å². The van der Waals surface area contributed by atoms with E-state index >= 15 is 0 Å². The topological polar surface area (TPSA) is 64.6 Å². The van der Waals surface area contributed by atoms with Crippen molar-refractivity contribution in [2.75, 3.05) is 13.2 Å². The van der Waals surface area contributed by atoms with E-state index < -0.39 is 5.97 Å². The van der Waals surface area contributed by atoms with E-state index in [-0.39, 0.29) is 25.2 Å². The van der Waals surface area contributed by atoms with Crippen molar-refractivity contribution in [1.29, 1.82) is 0 Å². The third-order valence-electron chi connectivity index (χ3n) is 4.64. The van der Waals surface area contributed by atoms with Gasteiger partial charge in [0, 0.05) is 5.56 Å². The van der Waals surface area contributed by atoms with Crippen LogP contribution in [0, 0.1) is 13.8 Å². The molecule has 1 amide bonds. The molecule has 0 saturated carbocycles. The van der Waals surface area contributed by atoms with Crippen LogP contribution in [0.3, 0.4) is 0 Å². The average molecular weight is 365 g/mol. The van der Waals surface area contributed by atoms with Crippen LogP contribution in [0.4, 0.5) is 0 Å². The summed E-state index contributed by atoms with van der Waals surface area (Å²) in [4.78, 5) is 24.3. The van der Waals surface area contributed by atoms with Crippen molar-refractivity contribution in [3.05, 3.63) is 70.3 Å². The van der Waals surface area contributed by atoms with E-state index in [1.54, 1.807) is 6.08 Å². The van der Waals surface area contributed by atoms with Crippen molar-refractivity contribution in [2.45, 2.75) is 26.8 Å². The summed E-state index contributed by atoms with van der Waals surface area (Å²) in [5.41, 5.74) is 4.60. The van der Waals surface area contributed by atoms with Crippen LogP contribution < -0.4 is 10.1 Å². The molecule has 1 atom stereocenters. The van der Waals surface area contributed by atoms with Crippen LogP contribution >= 0.6 is 0 Å². The quantitative estimate of drug-likeness (QED) is 0.824. The number of carbonyl (C=O) groups is 2. The Balaban J connectivity index is 1.54. The lowest BCUT2D eigenvalue weighted by Gasteiger charge is -2.18. The van der Waals surface area contributed by atoms with Gasteiger partial charge in [-0.15, -0.1) is 0 Å². The summed E-state index contributed by atoms with van der Waals surface area (Å²) in [7, 11) is 0. The van der Waals surface area contributed by atoms with Gasteiger partial charge in [-0.25, -0.2) is 4.79 Å². The van der Waals surface area contributed by atoms with Crippen molar-refractivity contribution in [2.24, 2.45) is 0 Å². The number of amides is 1. The minimum atomic E-state index is -0.543. The third-order valence-corrected chi connectivity index (χ3v) is 4.64. The highest BCUT2D eigenvalue weighted by Crippen LogP contribution is 2.26. The summed E-state index contributed by atoms with van der Waals surface area (Å²) in [5.74, 6) is -0.153. The maximum atomic E-state index is 12.2. The van der Waals surface area contributed by atoms with Gasteiger partial charge in [-0.3, -0.25) is 4.79 Å². The number of esters is 1. The zero-order valence-electron chi connectivity index (χ0n) is 15.7. The molecule has 0 spiro atoms. The number of ether oxygens (including phenoxy) is 2. The first kappa shape index (κ1) is 18.7. The van der Waals surface area contributed by atoms with E-state index in [4.69, 9.17) is 9.47 Å². The zero-order chi connectivity index (χ0) is 19.4. The Morgan fingerprint density at radius 3 is 2.70 bits per heavy atom. The normalized spacial score (nSPS) is 13.7. The smallest absolute Gasteiger partial charge is 0.338 e. The van der Waals surface area contributed by atoms with Gasteiger partial charge in [-0.05, 0) is 49.6 Å². The van der Waals surface area contributed by atoms with E-state index in [0.717, 1.165) is 16.9 Å². The number of carbonyl (C=O) groups excluding carboxylic acids is 2. The van der Waals surface area contributed by atoms with Crippen LogP contribution in [-0.4, -0.2) is 25.1 Å². The predicted octanol–water partition coefficient (Wildman–Crippen LogP) is 3.50. The Morgan fingerprint density at radius 2 is 1.93 bits per heavy atom. The zero-order valence-corrected chi connectivity index (χ0v) is 15.7. The lowest BCUT2D eigenvalue weighted by atomic mass is 10.0. The van der Waals surface area contributed by atoms with E-state index in [9.17, 15) is 9.59 Å². The monoisotopic (exact) mass is 365 g/mol. The molecule has 140 valence electrons. The Labute approximate surface area is 159 Å². The summed E-state index contributed by atoms with van der Waals surface area (Å²) >= 11 is 0. The highest BCUT2D eigenvalue weighted by atomic mass is 16.5. The van der Waals surface area contributed by atoms with Crippen molar-refractivity contribution in [3.63, 3.8) is 0 Å². The molecule has 5 nitrogen and oxygen atoms in total. The van der Waals surface area contributed by atoms with Crippen molar-refractivity contribution in [1.82, 2.24) is 5.32 Å². The summed E-state index contributed by atoms with van der Waals surface area (Å²) < 4.78 is 10.7. The van der Waals surface area contributed by atoms with Gasteiger partial charge in [0.15, 0.2) is 6.61 Å². The molecule has 5 heteroatoms. The summed E-state index contributed by atoms with van der Waals surface area (Å²) in [6, 6.07) is 13.3. The van der Waals surface area contributed by atoms with Gasteiger partial charge in [0.25, 0.3) is 5.91 Å². The Morgan fingerprint density at radius 1 is 1.15 bits per heavy atom. The fourth-order valence-corrected chi connectivity index (χ4v) is 2.86. The van der Waals surface area contributed by atoms with Crippen molar-refractivity contribution in [3.8, 4) is 5.75 Å². The largest absolute Gasteiger partial charge is 0.488 e. The molecule has 1 heterocycles. The number of para-hydroxylation sites is 1. The number of fused-ring (bicyclic) bond motifs is 1. The molecule has 0 aliphatic carbocycles. The number of hydrogen-bond donors (Lipinski definition) is 1. The molecule has 2 aromatic rings. The lowest BCUT2D eigenvalue weighted by molar-refractivity contribution is -0.145. The van der Waals surface area contributed by atoms with Crippen LogP contribution in [0.1, 0.15) is 35.2 Å². The number of aryl methyl sites for hydroxylation is 2. The molecular formula is C22H23NO4. The van der Waals surface area contributed by atoms with Crippen LogP contribution in [0.5, 0.6) is 5.75 Å². The van der Waals surface area contributed by atoms with Gasteiger partial charge in [-0.1, -0.05) is 36.4 Å². The second-order valence-corrected chi connectivity index (χ2v) is 6.71. The number of rotatable bonds is 5. The minimum absolute atomic E-state index is 0.135. The van der Waals surface area contributed by atoms with E-state index in [2.05, 4.69) is 5.32 Å². The van der Waals surface area contributed by atoms with E-state index in [1.807, 2.05) is 63.2 Å². The van der Waals surface area contributed by atoms with Crippen LogP contribution in [-0.2, 0) is 14.3 Å². The molecule has 2 aromatic carbocycles. The number of hydrogen-bond acceptors (Lipinski definition) is 4. The van der Waals surface area contributed by atoms with Crippen molar-refractivity contribution < 1.29 is 19.1 Å². The Hall–Kier alpha value is -3.08. The highest BCUT2D eigenvalue weighted by molar-refractivity contribution is 5.96. The maximum absolute atomic E-state index is 12.2. The first-order valence-electron chi connectivity index (χ1n) is 8.90. The molecule has 0 bridgehead atoms. The van der Waals surface area contributed by atoms with Crippen LogP contribution in [0.25, 0.3) is 6.08 Å². The summed E-state index contributed by atoms with van der Waals surface area (Å²) in [5, 5.41) is 2.85. The molecule has 0 saturated heterocycles. The SMILES string of the molecule is Cc1ccc([C@H](C)NC(=O)COC(=O)C2=Cc3ccccc3OC2)cc1C. The first-order chi connectivity index (χ1) is 12.9. The highest BCUT2D eigenvalue weighted by Gasteiger charge is 2.19. The van der Waals surface area contributed by atoms with Crippen LogP contribution in [0.2, 0.25) is 0 Å². The van der Waals surface area contributed by atoms with Gasteiger partial charge >= 0.3 is 5.97 Å². The fourth-order valence-electron chi connectivity index (χ4n) is 2.86. The van der Waals surface area contributed by atoms with E-state index in [1.165, 1.54) is 11.1 Å². The lowest BCUT2D eigenvalue weighted by Crippen LogP contribution is -2.31. The molecule has 1 aliphatic heterocycles. The van der Waals surface area contributed by atoms with Crippen molar-refractivity contribution >= 4 is 18.0 Å². The molecule has 3 rings (SSSR count). The fraction of sp³-hybridized carbons (Fsp3) is 0.273. The van der Waals surface area contributed by atoms with Gasteiger partial charge < -0.3 is 14.8 Å². The van der Waals surface area contributed by atoms with Crippen LogP contribution in [0.15, 0.2) is 48.0 Å². The molecule has 0 unspecified atom stereocenters. The third kappa shape index (κ3) is 4.56. The Kier molecular flexibility index (Phi) is 5.60. The van der Waals surface area contributed by atoms with Gasteiger partial charge in [-0.2, -0.15) is 0 Å². The number of nitrogens with one attached hydrogen (secondary N) is 1. The Bertz CT molecular complexity index is 901. The molecular weight excluding hydrogens is 342 g/mol. The minimum Gasteiger partial charge on any atom is -0.488 e. The second kappa shape index (κ2) is 8.08. The summed E-state index contributed by atoms with van der Waals surface area (Å²) in [6.45, 7) is 5.79. The number of benzene rings is 2. The molecule has 0 radical (unpaired) electrons. The predicted molar refractivity (Wildman–Crippen MR) is 103 cm³/mol. The van der Waals surface area contributed by atoms with E-state index in [0.29, 0.717) is 5.57 Å².